The zero-order valence-electron chi connectivity index (χ0n) is 26.5. The number of rotatable bonds is 11. The number of carbonyl (C=O) groups excluding carboxylic acids is 2. The number of imidazole rings is 1. The normalized spacial score (nSPS) is 13.6. The molecule has 1 saturated heterocycles. The SMILES string of the molecule is CC(C)Oc1cc(F)c(C(=O)Cn2ccnc2)cc1-n1c(CN2CCN(C(=O)COc3ccc(Cl)cc3)CC2)nc2ccccc2c1=O. The van der Waals surface area contributed by atoms with Crippen molar-refractivity contribution in [3.63, 3.8) is 0 Å². The van der Waals surface area contributed by atoms with Crippen molar-refractivity contribution in [2.75, 3.05) is 32.8 Å². The standard InChI is InChI=1S/C35H34ClFN6O5/c1-23(2)48-32-18-28(37)27(31(44)19-41-12-11-38-22-41)17-30(32)43-33(39-29-6-4-3-5-26(29)35(43)46)20-40-13-15-42(16-14-40)34(45)21-47-25-9-7-24(36)8-10-25/h3-12,17-18,22-23H,13-16,19-21H2,1-2H3. The smallest absolute Gasteiger partial charge is 0.266 e. The van der Waals surface area contributed by atoms with Gasteiger partial charge in [0.2, 0.25) is 0 Å². The van der Waals surface area contributed by atoms with Crippen molar-refractivity contribution in [1.29, 1.82) is 0 Å². The number of halogens is 2. The van der Waals surface area contributed by atoms with Crippen molar-refractivity contribution in [1.82, 2.24) is 28.9 Å². The molecule has 0 N–H and O–H groups in total. The number of hydrogen-bond donors (Lipinski definition) is 0. The van der Waals surface area contributed by atoms with E-state index in [0.29, 0.717) is 53.7 Å². The summed E-state index contributed by atoms with van der Waals surface area (Å²) in [6.45, 7) is 5.54. The highest BCUT2D eigenvalue weighted by molar-refractivity contribution is 6.30. The van der Waals surface area contributed by atoms with Gasteiger partial charge in [0.1, 0.15) is 23.1 Å². The number of nitrogens with zero attached hydrogens (tertiary/aromatic N) is 6. The lowest BCUT2D eigenvalue weighted by Crippen LogP contribution is -2.50. The largest absolute Gasteiger partial charge is 0.489 e. The Bertz CT molecular complexity index is 1990. The van der Waals surface area contributed by atoms with E-state index in [1.165, 1.54) is 23.2 Å². The molecule has 0 atom stereocenters. The second-order valence-electron chi connectivity index (χ2n) is 11.7. The van der Waals surface area contributed by atoms with Gasteiger partial charge >= 0.3 is 0 Å². The Labute approximate surface area is 281 Å². The zero-order valence-corrected chi connectivity index (χ0v) is 27.3. The lowest BCUT2D eigenvalue weighted by Gasteiger charge is -2.34. The number of piperazine rings is 1. The third kappa shape index (κ3) is 7.40. The van der Waals surface area contributed by atoms with Crippen LogP contribution in [0.5, 0.6) is 11.5 Å². The maximum atomic E-state index is 15.5. The molecule has 0 bridgehead atoms. The van der Waals surface area contributed by atoms with Crippen molar-refractivity contribution < 1.29 is 23.5 Å². The summed E-state index contributed by atoms with van der Waals surface area (Å²) in [4.78, 5) is 53.0. The van der Waals surface area contributed by atoms with Crippen LogP contribution in [0.1, 0.15) is 30.0 Å². The third-order valence-corrected chi connectivity index (χ3v) is 8.20. The highest BCUT2D eigenvalue weighted by Gasteiger charge is 2.26. The number of fused-ring (bicyclic) bond motifs is 1. The Morgan fingerprint density at radius 3 is 2.48 bits per heavy atom. The van der Waals surface area contributed by atoms with Gasteiger partial charge in [-0.1, -0.05) is 23.7 Å². The van der Waals surface area contributed by atoms with Crippen LogP contribution in [-0.4, -0.2) is 79.5 Å². The molecule has 3 aromatic carbocycles. The van der Waals surface area contributed by atoms with E-state index in [0.717, 1.165) is 6.07 Å². The molecule has 1 fully saturated rings. The van der Waals surface area contributed by atoms with Gasteiger partial charge in [0, 0.05) is 49.7 Å². The molecule has 0 saturated carbocycles. The van der Waals surface area contributed by atoms with Crippen LogP contribution in [0.25, 0.3) is 16.6 Å². The summed E-state index contributed by atoms with van der Waals surface area (Å²) in [5, 5.41) is 0.947. The van der Waals surface area contributed by atoms with E-state index in [9.17, 15) is 14.4 Å². The molecule has 13 heteroatoms. The van der Waals surface area contributed by atoms with Crippen molar-refractivity contribution in [2.45, 2.75) is 33.0 Å². The molecule has 0 unspecified atom stereocenters. The minimum atomic E-state index is -0.760. The number of ether oxygens (including phenoxy) is 2. The molecule has 248 valence electrons. The Morgan fingerprint density at radius 2 is 1.77 bits per heavy atom. The molecule has 0 aliphatic carbocycles. The van der Waals surface area contributed by atoms with Gasteiger partial charge in [-0.3, -0.25) is 23.9 Å². The molecular formula is C35H34ClFN6O5. The average molecular weight is 673 g/mol. The minimum Gasteiger partial charge on any atom is -0.489 e. The van der Waals surface area contributed by atoms with Crippen LogP contribution < -0.4 is 15.0 Å². The Balaban J connectivity index is 1.29. The number of Topliss-reactive ketones (excluding diaryl/α,β-unsaturated/α-hetero) is 1. The van der Waals surface area contributed by atoms with Crippen LogP contribution in [0.3, 0.4) is 0 Å². The predicted octanol–water partition coefficient (Wildman–Crippen LogP) is 4.77. The number of ketones is 1. The summed E-state index contributed by atoms with van der Waals surface area (Å²) >= 11 is 5.93. The average Bonchev–Trinajstić information content (AvgIpc) is 3.58. The molecule has 6 rings (SSSR count). The first-order valence-electron chi connectivity index (χ1n) is 15.5. The topological polar surface area (TPSA) is 112 Å². The quantitative estimate of drug-likeness (QED) is 0.185. The first kappa shape index (κ1) is 32.9. The summed E-state index contributed by atoms with van der Waals surface area (Å²) in [7, 11) is 0. The summed E-state index contributed by atoms with van der Waals surface area (Å²) in [6.07, 6.45) is 4.27. The highest BCUT2D eigenvalue weighted by atomic mass is 35.5. The van der Waals surface area contributed by atoms with Gasteiger partial charge in [-0.15, -0.1) is 0 Å². The molecule has 2 aromatic heterocycles. The fourth-order valence-electron chi connectivity index (χ4n) is 5.57. The Morgan fingerprint density at radius 1 is 1.02 bits per heavy atom. The minimum absolute atomic E-state index is 0.0987. The highest BCUT2D eigenvalue weighted by Crippen LogP contribution is 2.29. The van der Waals surface area contributed by atoms with Crippen molar-refractivity contribution in [3.8, 4) is 17.2 Å². The van der Waals surface area contributed by atoms with Crippen LogP contribution >= 0.6 is 11.6 Å². The number of hydrogen-bond acceptors (Lipinski definition) is 8. The van der Waals surface area contributed by atoms with Crippen molar-refractivity contribution >= 4 is 34.2 Å². The molecular weight excluding hydrogens is 639 g/mol. The Hall–Kier alpha value is -5.07. The zero-order chi connectivity index (χ0) is 33.8. The van der Waals surface area contributed by atoms with Gasteiger partial charge in [-0.25, -0.2) is 14.4 Å². The van der Waals surface area contributed by atoms with Gasteiger partial charge in [0.25, 0.3) is 11.5 Å². The lowest BCUT2D eigenvalue weighted by atomic mass is 10.1. The second-order valence-corrected chi connectivity index (χ2v) is 12.1. The maximum absolute atomic E-state index is 15.5. The number of para-hydroxylation sites is 1. The number of benzene rings is 3. The van der Waals surface area contributed by atoms with E-state index in [1.54, 1.807) is 78.0 Å². The van der Waals surface area contributed by atoms with Crippen molar-refractivity contribution in [3.05, 3.63) is 112 Å². The van der Waals surface area contributed by atoms with Gasteiger partial charge in [-0.2, -0.15) is 0 Å². The number of carbonyl (C=O) groups is 2. The van der Waals surface area contributed by atoms with Crippen LogP contribution in [0.15, 0.2) is 84.2 Å². The van der Waals surface area contributed by atoms with E-state index >= 15 is 4.39 Å². The van der Waals surface area contributed by atoms with E-state index in [-0.39, 0.29) is 54.3 Å². The summed E-state index contributed by atoms with van der Waals surface area (Å²) in [5.74, 6) is -0.341. The molecule has 1 aliphatic heterocycles. The molecule has 3 heterocycles. The predicted molar refractivity (Wildman–Crippen MR) is 178 cm³/mol. The van der Waals surface area contributed by atoms with Gasteiger partial charge in [-0.05, 0) is 56.3 Å². The summed E-state index contributed by atoms with van der Waals surface area (Å²) < 4.78 is 30.1. The van der Waals surface area contributed by atoms with Crippen molar-refractivity contribution in [2.24, 2.45) is 0 Å². The molecule has 1 amide bonds. The first-order valence-corrected chi connectivity index (χ1v) is 15.9. The van der Waals surface area contributed by atoms with E-state index in [4.69, 9.17) is 26.1 Å². The van der Waals surface area contributed by atoms with Gasteiger partial charge in [0.05, 0.1) is 47.7 Å². The lowest BCUT2D eigenvalue weighted by molar-refractivity contribution is -0.135. The molecule has 5 aromatic rings. The number of amides is 1. The molecule has 0 spiro atoms. The maximum Gasteiger partial charge on any atom is 0.266 e. The second kappa shape index (κ2) is 14.4. The summed E-state index contributed by atoms with van der Waals surface area (Å²) in [6, 6.07) is 16.3. The molecule has 11 nitrogen and oxygen atoms in total. The van der Waals surface area contributed by atoms with E-state index in [2.05, 4.69) is 9.88 Å². The molecule has 0 radical (unpaired) electrons. The van der Waals surface area contributed by atoms with Crippen LogP contribution in [0.2, 0.25) is 5.02 Å². The number of aromatic nitrogens is 4. The monoisotopic (exact) mass is 672 g/mol. The molecule has 1 aliphatic rings. The van der Waals surface area contributed by atoms with Crippen LogP contribution in [0.4, 0.5) is 4.39 Å². The Kier molecular flexibility index (Phi) is 9.83. The fourth-order valence-corrected chi connectivity index (χ4v) is 5.69. The first-order chi connectivity index (χ1) is 23.2. The fraction of sp³-hybridized carbons (Fsp3) is 0.286. The third-order valence-electron chi connectivity index (χ3n) is 7.95. The summed E-state index contributed by atoms with van der Waals surface area (Å²) in [5.41, 5.74) is 0.156. The van der Waals surface area contributed by atoms with Gasteiger partial charge < -0.3 is 18.9 Å². The molecule has 48 heavy (non-hydrogen) atoms. The van der Waals surface area contributed by atoms with Gasteiger partial charge in [0.15, 0.2) is 12.4 Å². The van der Waals surface area contributed by atoms with E-state index in [1.807, 2.05) is 0 Å². The van der Waals surface area contributed by atoms with Crippen LogP contribution in [-0.2, 0) is 17.9 Å². The van der Waals surface area contributed by atoms with E-state index < -0.39 is 11.6 Å². The van der Waals surface area contributed by atoms with Crippen LogP contribution in [0, 0.1) is 5.82 Å².